The maximum atomic E-state index is 11.0. The molecule has 0 atom stereocenters. The van der Waals surface area contributed by atoms with Crippen molar-refractivity contribution < 1.29 is 14.6 Å². The first-order chi connectivity index (χ1) is 12.0. The second kappa shape index (κ2) is 17.8. The lowest BCUT2D eigenvalue weighted by Crippen LogP contribution is -2.40. The van der Waals surface area contributed by atoms with E-state index in [4.69, 9.17) is 0 Å². The highest BCUT2D eigenvalue weighted by molar-refractivity contribution is 14.0. The van der Waals surface area contributed by atoms with Crippen LogP contribution in [0.5, 0.6) is 0 Å². The van der Waals surface area contributed by atoms with Gasteiger partial charge in [-0.05, 0) is 32.6 Å². The molecule has 0 aliphatic rings. The zero-order valence-corrected chi connectivity index (χ0v) is 19.4. The van der Waals surface area contributed by atoms with Crippen LogP contribution < -0.4 is 10.6 Å². The maximum Gasteiger partial charge on any atom is 0.305 e. The molecule has 0 aliphatic carbocycles. The monoisotopic (exact) mass is 485 g/mol. The molecule has 26 heavy (non-hydrogen) atoms. The van der Waals surface area contributed by atoms with Gasteiger partial charge in [-0.25, -0.2) is 0 Å². The van der Waals surface area contributed by atoms with Gasteiger partial charge in [-0.15, -0.1) is 24.0 Å². The number of aliphatic hydroxyl groups is 1. The van der Waals surface area contributed by atoms with Crippen molar-refractivity contribution in [3.05, 3.63) is 0 Å². The van der Waals surface area contributed by atoms with Crippen LogP contribution in [0.15, 0.2) is 4.99 Å². The molecule has 0 saturated carbocycles. The Morgan fingerprint density at radius 1 is 1.04 bits per heavy atom. The predicted molar refractivity (Wildman–Crippen MR) is 119 cm³/mol. The second-order valence-electron chi connectivity index (χ2n) is 6.59. The summed E-state index contributed by atoms with van der Waals surface area (Å²) in [5.74, 6) is 0.633. The Morgan fingerprint density at radius 3 is 2.19 bits per heavy atom. The summed E-state index contributed by atoms with van der Waals surface area (Å²) in [6, 6.07) is 0. The van der Waals surface area contributed by atoms with Gasteiger partial charge in [0.15, 0.2) is 5.96 Å². The third-order valence-electron chi connectivity index (χ3n) is 4.13. The van der Waals surface area contributed by atoms with Gasteiger partial charge in [-0.2, -0.15) is 0 Å². The average Bonchev–Trinajstić information content (AvgIpc) is 2.59. The highest BCUT2D eigenvalue weighted by atomic mass is 127. The Morgan fingerprint density at radius 2 is 1.65 bits per heavy atom. The van der Waals surface area contributed by atoms with E-state index in [-0.39, 0.29) is 29.9 Å². The molecule has 6 nitrogen and oxygen atoms in total. The van der Waals surface area contributed by atoms with Crippen LogP contribution in [0, 0.1) is 0 Å². The average molecular weight is 485 g/mol. The number of guanidine groups is 1. The number of unbranched alkanes of at least 4 members (excludes halogenated alkanes) is 3. The normalized spacial score (nSPS) is 11.7. The molecule has 3 N–H and O–H groups in total. The molecular weight excluding hydrogens is 445 g/mol. The van der Waals surface area contributed by atoms with Crippen LogP contribution in [0.1, 0.15) is 78.6 Å². The number of carbonyl (C=O) groups is 1. The van der Waals surface area contributed by atoms with E-state index in [9.17, 15) is 9.90 Å². The van der Waals surface area contributed by atoms with E-state index in [1.165, 1.54) is 7.11 Å². The highest BCUT2D eigenvalue weighted by Gasteiger charge is 2.24. The minimum Gasteiger partial charge on any atom is -0.469 e. The molecule has 0 aromatic rings. The van der Waals surface area contributed by atoms with Gasteiger partial charge >= 0.3 is 5.97 Å². The molecule has 0 radical (unpaired) electrons. The van der Waals surface area contributed by atoms with Gasteiger partial charge in [-0.1, -0.05) is 39.5 Å². The quantitative estimate of drug-likeness (QED) is 0.115. The van der Waals surface area contributed by atoms with Crippen molar-refractivity contribution in [3.63, 3.8) is 0 Å². The van der Waals surface area contributed by atoms with Gasteiger partial charge in [0.05, 0.1) is 19.3 Å². The Kier molecular flexibility index (Phi) is 19.0. The fraction of sp³-hybridized carbons (Fsp3) is 0.895. The van der Waals surface area contributed by atoms with Crippen molar-refractivity contribution >= 4 is 35.9 Å². The van der Waals surface area contributed by atoms with Gasteiger partial charge in [-0.3, -0.25) is 9.79 Å². The van der Waals surface area contributed by atoms with E-state index in [2.05, 4.69) is 34.2 Å². The Bertz CT molecular complexity index is 373. The first-order valence-electron chi connectivity index (χ1n) is 9.82. The summed E-state index contributed by atoms with van der Waals surface area (Å²) in [7, 11) is 1.43. The number of methoxy groups -OCH3 is 1. The van der Waals surface area contributed by atoms with Gasteiger partial charge in [0.2, 0.25) is 0 Å². The molecule has 0 fully saturated rings. The van der Waals surface area contributed by atoms with Gasteiger partial charge in [0.1, 0.15) is 0 Å². The SMILES string of the molecule is CCCC(O)(CCC)CN=C(NCC)NCCCCCCC(=O)OC.I. The number of carbonyl (C=O) groups excluding carboxylic acids is 1. The van der Waals surface area contributed by atoms with Crippen molar-refractivity contribution in [2.24, 2.45) is 4.99 Å². The number of rotatable bonds is 14. The number of nitrogens with one attached hydrogen (secondary N) is 2. The number of ether oxygens (including phenoxy) is 1. The summed E-state index contributed by atoms with van der Waals surface area (Å²) < 4.78 is 4.63. The molecule has 156 valence electrons. The summed E-state index contributed by atoms with van der Waals surface area (Å²) in [6.07, 6.45) is 7.98. The third kappa shape index (κ3) is 14.6. The van der Waals surface area contributed by atoms with E-state index in [1.807, 2.05) is 6.92 Å². The van der Waals surface area contributed by atoms with Crippen LogP contribution >= 0.6 is 24.0 Å². The van der Waals surface area contributed by atoms with Gasteiger partial charge in [0.25, 0.3) is 0 Å². The van der Waals surface area contributed by atoms with E-state index < -0.39 is 5.60 Å². The van der Waals surface area contributed by atoms with Crippen molar-refractivity contribution in [3.8, 4) is 0 Å². The number of hydrogen-bond donors (Lipinski definition) is 3. The lowest BCUT2D eigenvalue weighted by atomic mass is 9.93. The van der Waals surface area contributed by atoms with Crippen LogP contribution in [0.4, 0.5) is 0 Å². The second-order valence-corrected chi connectivity index (χ2v) is 6.59. The lowest BCUT2D eigenvalue weighted by molar-refractivity contribution is -0.140. The van der Waals surface area contributed by atoms with Crippen LogP contribution in [0.2, 0.25) is 0 Å². The molecule has 0 spiro atoms. The van der Waals surface area contributed by atoms with Crippen molar-refractivity contribution in [2.75, 3.05) is 26.7 Å². The summed E-state index contributed by atoms with van der Waals surface area (Å²) >= 11 is 0. The minimum absolute atomic E-state index is 0. The molecule has 0 aromatic carbocycles. The largest absolute Gasteiger partial charge is 0.469 e. The number of aliphatic imine (C=N–C) groups is 1. The maximum absolute atomic E-state index is 11.0. The van der Waals surface area contributed by atoms with Crippen LogP contribution in [-0.4, -0.2) is 49.4 Å². The third-order valence-corrected chi connectivity index (χ3v) is 4.13. The van der Waals surface area contributed by atoms with Crippen molar-refractivity contribution in [1.82, 2.24) is 10.6 Å². The number of esters is 1. The molecule has 0 rings (SSSR count). The molecule has 0 amide bonds. The topological polar surface area (TPSA) is 83.0 Å². The van der Waals surface area contributed by atoms with Crippen LogP contribution in [0.25, 0.3) is 0 Å². The summed E-state index contributed by atoms with van der Waals surface area (Å²) in [6.45, 7) is 8.29. The zero-order valence-electron chi connectivity index (χ0n) is 17.1. The van der Waals surface area contributed by atoms with Crippen molar-refractivity contribution in [1.29, 1.82) is 0 Å². The predicted octanol–water partition coefficient (Wildman–Crippen LogP) is 3.61. The fourth-order valence-electron chi connectivity index (χ4n) is 2.84. The molecule has 0 aliphatic heterocycles. The Balaban J connectivity index is 0. The van der Waals surface area contributed by atoms with Crippen molar-refractivity contribution in [2.45, 2.75) is 84.2 Å². The highest BCUT2D eigenvalue weighted by Crippen LogP contribution is 2.19. The lowest BCUT2D eigenvalue weighted by Gasteiger charge is -2.26. The summed E-state index contributed by atoms with van der Waals surface area (Å²) in [5.41, 5.74) is -0.695. The number of halogens is 1. The van der Waals surface area contributed by atoms with Gasteiger partial charge in [0, 0.05) is 19.5 Å². The first kappa shape index (κ1) is 27.6. The number of hydrogen-bond acceptors (Lipinski definition) is 4. The molecule has 0 heterocycles. The van der Waals surface area contributed by atoms with Gasteiger partial charge < -0.3 is 20.5 Å². The minimum atomic E-state index is -0.695. The van der Waals surface area contributed by atoms with E-state index in [0.29, 0.717) is 13.0 Å². The van der Waals surface area contributed by atoms with E-state index in [1.54, 1.807) is 0 Å². The Labute approximate surface area is 177 Å². The van der Waals surface area contributed by atoms with E-state index in [0.717, 1.165) is 70.4 Å². The molecule has 0 bridgehead atoms. The number of nitrogens with zero attached hydrogens (tertiary/aromatic N) is 1. The Hall–Kier alpha value is -0.570. The first-order valence-corrected chi connectivity index (χ1v) is 9.82. The van der Waals surface area contributed by atoms with Crippen LogP contribution in [-0.2, 0) is 9.53 Å². The molecule has 0 unspecified atom stereocenters. The molecule has 0 aromatic heterocycles. The smallest absolute Gasteiger partial charge is 0.305 e. The van der Waals surface area contributed by atoms with Crippen LogP contribution in [0.3, 0.4) is 0 Å². The van der Waals surface area contributed by atoms with E-state index >= 15 is 0 Å². The summed E-state index contributed by atoms with van der Waals surface area (Å²) in [5, 5.41) is 17.2. The fourth-order valence-corrected chi connectivity index (χ4v) is 2.84. The molecular formula is C19H40IN3O3. The summed E-state index contributed by atoms with van der Waals surface area (Å²) in [4.78, 5) is 15.6. The molecule has 0 saturated heterocycles. The molecule has 7 heteroatoms. The zero-order chi connectivity index (χ0) is 19.0. The standard InChI is InChI=1S/C19H39N3O3.HI/c1-5-13-19(24,14-6-2)16-22-18(20-7-3)21-15-11-9-8-10-12-17(23)25-4;/h24H,5-16H2,1-4H3,(H2,20,21,22);1H.